The van der Waals surface area contributed by atoms with Crippen molar-refractivity contribution < 1.29 is 18.4 Å². The van der Waals surface area contributed by atoms with Gasteiger partial charge in [-0.25, -0.2) is 8.78 Å². The molecule has 0 aromatic rings. The minimum atomic E-state index is -2.80. The first-order valence-electron chi connectivity index (χ1n) is 6.58. The van der Waals surface area contributed by atoms with E-state index in [0.29, 0.717) is 25.7 Å². The molecule has 2 aliphatic rings. The number of nitrogens with one attached hydrogen (secondary N) is 2. The second-order valence-corrected chi connectivity index (χ2v) is 5.45. The van der Waals surface area contributed by atoms with Crippen LogP contribution in [0.5, 0.6) is 0 Å². The summed E-state index contributed by atoms with van der Waals surface area (Å²) >= 11 is 0. The van der Waals surface area contributed by atoms with Crippen molar-refractivity contribution in [2.24, 2.45) is 11.7 Å². The van der Waals surface area contributed by atoms with Gasteiger partial charge in [-0.1, -0.05) is 0 Å². The van der Waals surface area contributed by atoms with Gasteiger partial charge < -0.3 is 11.1 Å². The zero-order valence-electron chi connectivity index (χ0n) is 10.6. The van der Waals surface area contributed by atoms with Gasteiger partial charge in [0.25, 0.3) is 5.92 Å². The number of carbonyl (C=O) groups is 2. The number of hydrogen-bond acceptors (Lipinski definition) is 3. The Hall–Kier alpha value is -1.24. The highest BCUT2D eigenvalue weighted by molar-refractivity contribution is 5.82. The molecule has 1 saturated carbocycles. The Labute approximate surface area is 110 Å². The average molecular weight is 275 g/mol. The van der Waals surface area contributed by atoms with Gasteiger partial charge in [0.1, 0.15) is 0 Å². The predicted molar refractivity (Wildman–Crippen MR) is 64.4 cm³/mol. The lowest BCUT2D eigenvalue weighted by Gasteiger charge is -2.28. The molecule has 2 rings (SSSR count). The highest BCUT2D eigenvalue weighted by atomic mass is 19.3. The zero-order chi connectivity index (χ0) is 14.0. The molecular weight excluding hydrogens is 256 g/mol. The molecule has 19 heavy (non-hydrogen) atoms. The molecule has 1 aliphatic heterocycles. The van der Waals surface area contributed by atoms with Crippen LogP contribution in [0.25, 0.3) is 0 Å². The van der Waals surface area contributed by atoms with Crippen molar-refractivity contribution in [3.05, 3.63) is 0 Å². The zero-order valence-corrected chi connectivity index (χ0v) is 10.6. The van der Waals surface area contributed by atoms with Crippen molar-refractivity contribution in [1.82, 2.24) is 10.6 Å². The van der Waals surface area contributed by atoms with E-state index < -0.39 is 24.9 Å². The highest BCUT2D eigenvalue weighted by Gasteiger charge is 2.42. The number of nitrogens with two attached hydrogens (primary N) is 1. The van der Waals surface area contributed by atoms with Gasteiger partial charge in [0, 0.05) is 18.4 Å². The van der Waals surface area contributed by atoms with E-state index >= 15 is 0 Å². The van der Waals surface area contributed by atoms with E-state index in [0.717, 1.165) is 0 Å². The van der Waals surface area contributed by atoms with Gasteiger partial charge in [-0.3, -0.25) is 14.9 Å². The van der Waals surface area contributed by atoms with Crippen molar-refractivity contribution in [2.45, 2.75) is 50.1 Å². The summed E-state index contributed by atoms with van der Waals surface area (Å²) in [6.45, 7) is -0.445. The van der Waals surface area contributed by atoms with Gasteiger partial charge in [0.15, 0.2) is 0 Å². The molecule has 0 bridgehead atoms. The van der Waals surface area contributed by atoms with Crippen LogP contribution in [0.4, 0.5) is 8.78 Å². The minimum Gasteiger partial charge on any atom is -0.369 e. The van der Waals surface area contributed by atoms with Crippen LogP contribution in [0.1, 0.15) is 32.1 Å². The third-order valence-electron chi connectivity index (χ3n) is 3.90. The molecule has 1 aliphatic carbocycles. The summed E-state index contributed by atoms with van der Waals surface area (Å²) in [4.78, 5) is 22.8. The number of alkyl halides is 2. The topological polar surface area (TPSA) is 84.2 Å². The first-order chi connectivity index (χ1) is 8.87. The van der Waals surface area contributed by atoms with E-state index in [1.165, 1.54) is 0 Å². The molecule has 0 aromatic heterocycles. The van der Waals surface area contributed by atoms with Crippen LogP contribution in [0.3, 0.4) is 0 Å². The maximum atomic E-state index is 13.0. The molecule has 2 fully saturated rings. The monoisotopic (exact) mass is 275 g/mol. The number of amides is 2. The summed E-state index contributed by atoms with van der Waals surface area (Å²) in [7, 11) is 0. The van der Waals surface area contributed by atoms with Crippen LogP contribution >= 0.6 is 0 Å². The third-order valence-corrected chi connectivity index (χ3v) is 3.90. The van der Waals surface area contributed by atoms with E-state index in [1.807, 2.05) is 0 Å². The molecule has 1 atom stereocenters. The highest BCUT2D eigenvalue weighted by Crippen LogP contribution is 2.27. The Bertz CT molecular complexity index is 368. The van der Waals surface area contributed by atoms with E-state index in [-0.39, 0.29) is 23.8 Å². The molecule has 1 unspecified atom stereocenters. The van der Waals surface area contributed by atoms with Gasteiger partial charge in [-0.05, 0) is 25.7 Å². The number of primary amides is 1. The Morgan fingerprint density at radius 3 is 2.32 bits per heavy atom. The summed E-state index contributed by atoms with van der Waals surface area (Å²) in [5.41, 5.74) is 5.22. The van der Waals surface area contributed by atoms with Crippen LogP contribution in [0, 0.1) is 5.92 Å². The van der Waals surface area contributed by atoms with E-state index in [9.17, 15) is 18.4 Å². The van der Waals surface area contributed by atoms with Crippen molar-refractivity contribution in [2.75, 3.05) is 6.54 Å². The Balaban J connectivity index is 1.77. The number of carbonyl (C=O) groups excluding carboxylic acids is 2. The second-order valence-electron chi connectivity index (χ2n) is 5.45. The average Bonchev–Trinajstić information content (AvgIpc) is 2.70. The van der Waals surface area contributed by atoms with Gasteiger partial charge in [-0.2, -0.15) is 0 Å². The Morgan fingerprint density at radius 1 is 1.21 bits per heavy atom. The number of halogens is 2. The first kappa shape index (κ1) is 14.2. The van der Waals surface area contributed by atoms with Gasteiger partial charge in [0.2, 0.25) is 11.8 Å². The SMILES string of the molecule is NC(=O)C1CCC(NC(=O)C2CC(F)(F)CN2)CC1. The molecule has 0 aromatic carbocycles. The van der Waals surface area contributed by atoms with Crippen LogP contribution < -0.4 is 16.4 Å². The van der Waals surface area contributed by atoms with Crippen molar-refractivity contribution in [3.63, 3.8) is 0 Å². The summed E-state index contributed by atoms with van der Waals surface area (Å²) in [6, 6.07) is -0.858. The van der Waals surface area contributed by atoms with E-state index in [4.69, 9.17) is 5.73 Å². The maximum Gasteiger partial charge on any atom is 0.262 e. The lowest BCUT2D eigenvalue weighted by Crippen LogP contribution is -2.46. The lowest BCUT2D eigenvalue weighted by molar-refractivity contribution is -0.124. The lowest BCUT2D eigenvalue weighted by atomic mass is 9.85. The van der Waals surface area contributed by atoms with Crippen LogP contribution in [0.2, 0.25) is 0 Å². The summed E-state index contributed by atoms with van der Waals surface area (Å²) in [6.07, 6.45) is 2.18. The molecule has 1 heterocycles. The number of hydrogen-bond donors (Lipinski definition) is 3. The van der Waals surface area contributed by atoms with Gasteiger partial charge in [-0.15, -0.1) is 0 Å². The Kier molecular flexibility index (Phi) is 4.03. The van der Waals surface area contributed by atoms with E-state index in [1.54, 1.807) is 0 Å². The quantitative estimate of drug-likeness (QED) is 0.685. The van der Waals surface area contributed by atoms with Gasteiger partial charge >= 0.3 is 0 Å². The maximum absolute atomic E-state index is 13.0. The fourth-order valence-corrected chi connectivity index (χ4v) is 2.72. The first-order valence-corrected chi connectivity index (χ1v) is 6.58. The molecule has 2 amide bonds. The fourth-order valence-electron chi connectivity index (χ4n) is 2.72. The standard InChI is InChI=1S/C12H19F2N3O2/c13-12(14)5-9(16-6-12)11(19)17-8-3-1-7(2-4-8)10(15)18/h7-9,16H,1-6H2,(H2,15,18)(H,17,19). The van der Waals surface area contributed by atoms with Crippen molar-refractivity contribution in [1.29, 1.82) is 0 Å². The minimum absolute atomic E-state index is 0.0425. The molecule has 0 radical (unpaired) electrons. The van der Waals surface area contributed by atoms with Crippen molar-refractivity contribution in [3.8, 4) is 0 Å². The van der Waals surface area contributed by atoms with Crippen LogP contribution in [-0.2, 0) is 9.59 Å². The molecular formula is C12H19F2N3O2. The third kappa shape index (κ3) is 3.62. The largest absolute Gasteiger partial charge is 0.369 e. The summed E-state index contributed by atoms with van der Waals surface area (Å²) < 4.78 is 26.0. The molecule has 5 nitrogen and oxygen atoms in total. The molecule has 7 heteroatoms. The van der Waals surface area contributed by atoms with Crippen LogP contribution in [0.15, 0.2) is 0 Å². The van der Waals surface area contributed by atoms with Crippen molar-refractivity contribution >= 4 is 11.8 Å². The molecule has 0 spiro atoms. The Morgan fingerprint density at radius 2 is 1.84 bits per heavy atom. The normalized spacial score (nSPS) is 33.9. The predicted octanol–water partition coefficient (Wildman–Crippen LogP) is 0.144. The van der Waals surface area contributed by atoms with Gasteiger partial charge in [0.05, 0.1) is 12.6 Å². The molecule has 1 saturated heterocycles. The smallest absolute Gasteiger partial charge is 0.262 e. The fraction of sp³-hybridized carbons (Fsp3) is 0.833. The second kappa shape index (κ2) is 5.40. The molecule has 108 valence electrons. The van der Waals surface area contributed by atoms with Crippen LogP contribution in [-0.4, -0.2) is 36.4 Å². The van der Waals surface area contributed by atoms with E-state index in [2.05, 4.69) is 10.6 Å². The molecule has 4 N–H and O–H groups in total. The summed E-state index contributed by atoms with van der Waals surface area (Å²) in [5, 5.41) is 5.30. The number of rotatable bonds is 3. The summed E-state index contributed by atoms with van der Waals surface area (Å²) in [5.74, 6) is -3.60.